The fourth-order valence-electron chi connectivity index (χ4n) is 1.39. The van der Waals surface area contributed by atoms with Crippen molar-refractivity contribution in [2.45, 2.75) is 47.0 Å². The molecule has 0 bridgehead atoms. The summed E-state index contributed by atoms with van der Waals surface area (Å²) in [6.45, 7) is 10.9. The topological polar surface area (TPSA) is 34.4 Å². The van der Waals surface area contributed by atoms with Crippen LogP contribution in [0, 0.1) is 5.92 Å². The number of hydrogen-bond acceptors (Lipinski definition) is 3. The summed E-state index contributed by atoms with van der Waals surface area (Å²) in [5.74, 6) is 1.60. The monoisotopic (exact) mass is 225 g/mol. The number of nitrogens with one attached hydrogen (secondary N) is 1. The minimum Gasteiger partial charge on any atom is -0.467 e. The van der Waals surface area contributed by atoms with Crippen LogP contribution >= 0.6 is 0 Å². The molecule has 0 spiro atoms. The summed E-state index contributed by atoms with van der Waals surface area (Å²) >= 11 is 0. The standard InChI is InChI=1S/C13H23NO2/c1-10(2)7-14-8-12-5-6-15-13(12)9-16-11(3)4/h5-6,10-11,14H,7-9H2,1-4H3. The molecule has 0 radical (unpaired) electrons. The molecular weight excluding hydrogens is 202 g/mol. The summed E-state index contributed by atoms with van der Waals surface area (Å²) < 4.78 is 10.9. The number of furan rings is 1. The molecule has 0 saturated carbocycles. The van der Waals surface area contributed by atoms with E-state index in [9.17, 15) is 0 Å². The van der Waals surface area contributed by atoms with E-state index < -0.39 is 0 Å². The first-order valence-corrected chi connectivity index (χ1v) is 5.97. The van der Waals surface area contributed by atoms with Gasteiger partial charge in [0.2, 0.25) is 0 Å². The fourth-order valence-corrected chi connectivity index (χ4v) is 1.39. The molecular formula is C13H23NO2. The van der Waals surface area contributed by atoms with Crippen LogP contribution < -0.4 is 5.32 Å². The number of rotatable bonds is 7. The van der Waals surface area contributed by atoms with E-state index >= 15 is 0 Å². The van der Waals surface area contributed by atoms with Gasteiger partial charge in [-0.3, -0.25) is 0 Å². The van der Waals surface area contributed by atoms with Crippen LogP contribution in [0.5, 0.6) is 0 Å². The van der Waals surface area contributed by atoms with Crippen molar-refractivity contribution in [3.63, 3.8) is 0 Å². The molecule has 1 aromatic rings. The third-order valence-corrected chi connectivity index (χ3v) is 2.25. The lowest BCUT2D eigenvalue weighted by atomic mass is 10.2. The number of ether oxygens (including phenoxy) is 1. The Hall–Kier alpha value is -0.800. The fraction of sp³-hybridized carbons (Fsp3) is 0.692. The highest BCUT2D eigenvalue weighted by Gasteiger charge is 2.07. The molecule has 0 aliphatic rings. The number of hydrogen-bond donors (Lipinski definition) is 1. The molecule has 0 fully saturated rings. The van der Waals surface area contributed by atoms with Gasteiger partial charge in [-0.05, 0) is 32.4 Å². The van der Waals surface area contributed by atoms with Gasteiger partial charge in [0.1, 0.15) is 12.4 Å². The van der Waals surface area contributed by atoms with Crippen molar-refractivity contribution in [2.75, 3.05) is 6.54 Å². The first kappa shape index (κ1) is 13.3. The first-order valence-electron chi connectivity index (χ1n) is 5.97. The average Bonchev–Trinajstić information content (AvgIpc) is 2.62. The summed E-state index contributed by atoms with van der Waals surface area (Å²) in [7, 11) is 0. The molecule has 16 heavy (non-hydrogen) atoms. The van der Waals surface area contributed by atoms with Crippen molar-refractivity contribution in [1.29, 1.82) is 0 Å². The van der Waals surface area contributed by atoms with Gasteiger partial charge in [-0.25, -0.2) is 0 Å². The van der Waals surface area contributed by atoms with Gasteiger partial charge >= 0.3 is 0 Å². The Morgan fingerprint density at radius 2 is 2.06 bits per heavy atom. The van der Waals surface area contributed by atoms with E-state index in [-0.39, 0.29) is 6.10 Å². The summed E-state index contributed by atoms with van der Waals surface area (Å²) in [6.07, 6.45) is 1.97. The van der Waals surface area contributed by atoms with E-state index in [4.69, 9.17) is 9.15 Å². The zero-order chi connectivity index (χ0) is 12.0. The molecule has 0 aliphatic heterocycles. The highest BCUT2D eigenvalue weighted by atomic mass is 16.5. The molecule has 0 aliphatic carbocycles. The summed E-state index contributed by atoms with van der Waals surface area (Å²) in [4.78, 5) is 0. The van der Waals surface area contributed by atoms with Gasteiger partial charge in [-0.2, -0.15) is 0 Å². The molecule has 3 heteroatoms. The van der Waals surface area contributed by atoms with Crippen molar-refractivity contribution in [2.24, 2.45) is 5.92 Å². The van der Waals surface area contributed by atoms with E-state index in [1.807, 2.05) is 19.9 Å². The predicted molar refractivity (Wildman–Crippen MR) is 65.2 cm³/mol. The maximum Gasteiger partial charge on any atom is 0.133 e. The van der Waals surface area contributed by atoms with Crippen LogP contribution in [-0.2, 0) is 17.9 Å². The Labute approximate surface area is 98.2 Å². The Balaban J connectivity index is 2.38. The molecule has 3 nitrogen and oxygen atoms in total. The van der Waals surface area contributed by atoms with Crippen LogP contribution in [0.2, 0.25) is 0 Å². The van der Waals surface area contributed by atoms with E-state index in [0.29, 0.717) is 12.5 Å². The van der Waals surface area contributed by atoms with Gasteiger partial charge in [-0.15, -0.1) is 0 Å². The smallest absolute Gasteiger partial charge is 0.133 e. The molecule has 0 amide bonds. The Kier molecular flexibility index (Phi) is 5.56. The molecule has 0 saturated heterocycles. The molecule has 1 heterocycles. The minimum atomic E-state index is 0.238. The second kappa shape index (κ2) is 6.71. The average molecular weight is 225 g/mol. The SMILES string of the molecule is CC(C)CNCc1ccoc1COC(C)C. The lowest BCUT2D eigenvalue weighted by Crippen LogP contribution is -2.19. The minimum absolute atomic E-state index is 0.238. The zero-order valence-corrected chi connectivity index (χ0v) is 10.7. The van der Waals surface area contributed by atoms with Crippen molar-refractivity contribution in [1.82, 2.24) is 5.32 Å². The van der Waals surface area contributed by atoms with Gasteiger partial charge in [0.25, 0.3) is 0 Å². The lowest BCUT2D eigenvalue weighted by molar-refractivity contribution is 0.0539. The van der Waals surface area contributed by atoms with Gasteiger partial charge in [-0.1, -0.05) is 13.8 Å². The predicted octanol–water partition coefficient (Wildman–Crippen LogP) is 2.95. The highest BCUT2D eigenvalue weighted by Crippen LogP contribution is 2.12. The van der Waals surface area contributed by atoms with Crippen LogP contribution in [0.15, 0.2) is 16.7 Å². The van der Waals surface area contributed by atoms with Crippen LogP contribution in [0.1, 0.15) is 39.0 Å². The maximum absolute atomic E-state index is 5.53. The van der Waals surface area contributed by atoms with E-state index in [1.165, 1.54) is 5.56 Å². The van der Waals surface area contributed by atoms with Crippen molar-refractivity contribution >= 4 is 0 Å². The second-order valence-electron chi connectivity index (χ2n) is 4.75. The molecule has 0 aromatic carbocycles. The molecule has 0 unspecified atom stereocenters. The lowest BCUT2D eigenvalue weighted by Gasteiger charge is -2.09. The normalized spacial score (nSPS) is 11.6. The molecule has 0 atom stereocenters. The van der Waals surface area contributed by atoms with E-state index in [0.717, 1.165) is 18.8 Å². The Bertz CT molecular complexity index is 292. The van der Waals surface area contributed by atoms with E-state index in [1.54, 1.807) is 6.26 Å². The Morgan fingerprint density at radius 3 is 2.69 bits per heavy atom. The maximum atomic E-state index is 5.53. The van der Waals surface area contributed by atoms with Gasteiger partial charge < -0.3 is 14.5 Å². The molecule has 1 rings (SSSR count). The van der Waals surface area contributed by atoms with Gasteiger partial charge in [0.15, 0.2) is 0 Å². The van der Waals surface area contributed by atoms with Crippen molar-refractivity contribution < 1.29 is 9.15 Å². The quantitative estimate of drug-likeness (QED) is 0.774. The second-order valence-corrected chi connectivity index (χ2v) is 4.75. The molecule has 92 valence electrons. The molecule has 1 aromatic heterocycles. The Morgan fingerprint density at radius 1 is 1.31 bits per heavy atom. The van der Waals surface area contributed by atoms with Gasteiger partial charge in [0.05, 0.1) is 12.4 Å². The van der Waals surface area contributed by atoms with Crippen LogP contribution in [0.25, 0.3) is 0 Å². The third-order valence-electron chi connectivity index (χ3n) is 2.25. The first-order chi connectivity index (χ1) is 7.59. The van der Waals surface area contributed by atoms with Crippen LogP contribution in [0.4, 0.5) is 0 Å². The summed E-state index contributed by atoms with van der Waals surface area (Å²) in [6, 6.07) is 2.01. The molecule has 1 N–H and O–H groups in total. The third kappa shape index (κ3) is 4.81. The highest BCUT2D eigenvalue weighted by molar-refractivity contribution is 5.16. The zero-order valence-electron chi connectivity index (χ0n) is 10.7. The van der Waals surface area contributed by atoms with E-state index in [2.05, 4.69) is 19.2 Å². The summed E-state index contributed by atoms with van der Waals surface area (Å²) in [5, 5.41) is 3.40. The van der Waals surface area contributed by atoms with Crippen LogP contribution in [-0.4, -0.2) is 12.6 Å². The van der Waals surface area contributed by atoms with Gasteiger partial charge in [0, 0.05) is 12.1 Å². The van der Waals surface area contributed by atoms with Crippen molar-refractivity contribution in [3.05, 3.63) is 23.7 Å². The van der Waals surface area contributed by atoms with Crippen molar-refractivity contribution in [3.8, 4) is 0 Å². The van der Waals surface area contributed by atoms with Crippen LogP contribution in [0.3, 0.4) is 0 Å². The summed E-state index contributed by atoms with van der Waals surface area (Å²) in [5.41, 5.74) is 1.20. The largest absolute Gasteiger partial charge is 0.467 e.